The normalized spacial score (nSPS) is 22.0. The number of para-hydroxylation sites is 2. The fourth-order valence-corrected chi connectivity index (χ4v) is 9.76. The summed E-state index contributed by atoms with van der Waals surface area (Å²) in [5, 5.41) is 9.95. The van der Waals surface area contributed by atoms with E-state index in [1.54, 1.807) is 0 Å². The molecule has 0 bridgehead atoms. The molecule has 38 heavy (non-hydrogen) atoms. The Labute approximate surface area is 228 Å². The lowest BCUT2D eigenvalue weighted by Gasteiger charge is -2.30. The minimum Gasteiger partial charge on any atom is -0.279 e. The van der Waals surface area contributed by atoms with Gasteiger partial charge < -0.3 is 0 Å². The zero-order valence-electron chi connectivity index (χ0n) is 21.7. The van der Waals surface area contributed by atoms with Crippen LogP contribution in [0.2, 0.25) is 0 Å². The molecule has 0 saturated carbocycles. The monoisotopic (exact) mass is 536 g/mol. The summed E-state index contributed by atoms with van der Waals surface area (Å²) in [7, 11) is -0.706. The van der Waals surface area contributed by atoms with Crippen molar-refractivity contribution in [1.82, 2.24) is 0 Å². The molecule has 3 aromatic carbocycles. The van der Waals surface area contributed by atoms with E-state index >= 15 is 0 Å². The molecule has 0 fully saturated rings. The smallest absolute Gasteiger partial charge is 0.0755 e. The number of anilines is 4. The van der Waals surface area contributed by atoms with E-state index in [1.807, 2.05) is 12.1 Å². The summed E-state index contributed by atoms with van der Waals surface area (Å²) in [6.45, 7) is 8.62. The van der Waals surface area contributed by atoms with Crippen LogP contribution in [0.15, 0.2) is 119 Å². The van der Waals surface area contributed by atoms with Crippen molar-refractivity contribution >= 4 is 65.6 Å². The maximum absolute atomic E-state index is 4.97. The maximum Gasteiger partial charge on any atom is 0.0755 e. The number of hydrogen-bond donors (Lipinski definition) is 0. The first kappa shape index (κ1) is 23.3. The Kier molecular flexibility index (Phi) is 5.42. The maximum atomic E-state index is 4.97. The van der Waals surface area contributed by atoms with E-state index in [9.17, 15) is 0 Å². The van der Waals surface area contributed by atoms with Crippen LogP contribution < -0.4 is 17.4 Å². The largest absolute Gasteiger partial charge is 0.279 e. The number of rotatable bonds is 4. The molecule has 4 aliphatic heterocycles. The van der Waals surface area contributed by atoms with Crippen molar-refractivity contribution in [2.75, 3.05) is 17.4 Å². The SMILES string of the molecule is CC1=CN(c2cccc(N3C=C(C)C4=S3N(c3ccccc3)N=C4C)c2)S2=C1C(C)=NN2c1ccccc1. The van der Waals surface area contributed by atoms with Crippen molar-refractivity contribution in [3.05, 3.63) is 108 Å². The van der Waals surface area contributed by atoms with Gasteiger partial charge >= 0.3 is 0 Å². The molecule has 0 spiro atoms. The molecule has 0 aromatic heterocycles. The third-order valence-electron chi connectivity index (χ3n) is 6.84. The average Bonchev–Trinajstić information content (AvgIpc) is 3.67. The van der Waals surface area contributed by atoms with E-state index in [4.69, 9.17) is 10.2 Å². The van der Waals surface area contributed by atoms with Gasteiger partial charge in [-0.15, -0.1) is 0 Å². The van der Waals surface area contributed by atoms with Crippen molar-refractivity contribution in [2.24, 2.45) is 10.2 Å². The Bertz CT molecular complexity index is 1550. The summed E-state index contributed by atoms with van der Waals surface area (Å²) in [6.07, 6.45) is 4.55. The van der Waals surface area contributed by atoms with E-state index in [0.29, 0.717) is 0 Å². The Morgan fingerprint density at radius 1 is 0.500 bits per heavy atom. The molecule has 0 saturated heterocycles. The van der Waals surface area contributed by atoms with Crippen LogP contribution in [0.3, 0.4) is 0 Å². The van der Waals surface area contributed by atoms with Gasteiger partial charge in [0, 0.05) is 34.1 Å². The van der Waals surface area contributed by atoms with Gasteiger partial charge in [0.05, 0.1) is 43.9 Å². The van der Waals surface area contributed by atoms with Crippen LogP contribution in [0.1, 0.15) is 27.7 Å². The zero-order chi connectivity index (χ0) is 26.0. The Morgan fingerprint density at radius 3 is 1.32 bits per heavy atom. The molecule has 0 amide bonds. The molecule has 6 nitrogen and oxygen atoms in total. The summed E-state index contributed by atoms with van der Waals surface area (Å²) < 4.78 is 9.10. The molecule has 0 N–H and O–H groups in total. The molecule has 190 valence electrons. The highest BCUT2D eigenvalue weighted by Crippen LogP contribution is 2.49. The number of allylic oxidation sites excluding steroid dienone is 2. The van der Waals surface area contributed by atoms with Gasteiger partial charge in [-0.1, -0.05) is 42.5 Å². The minimum absolute atomic E-state index is 0.353. The van der Waals surface area contributed by atoms with Crippen molar-refractivity contribution in [2.45, 2.75) is 27.7 Å². The van der Waals surface area contributed by atoms with E-state index < -0.39 is 0 Å². The van der Waals surface area contributed by atoms with Crippen molar-refractivity contribution in [1.29, 1.82) is 0 Å². The van der Waals surface area contributed by atoms with Gasteiger partial charge in [-0.3, -0.25) is 8.61 Å². The third kappa shape index (κ3) is 3.51. The van der Waals surface area contributed by atoms with E-state index in [2.05, 4.69) is 130 Å². The molecule has 3 aromatic rings. The van der Waals surface area contributed by atoms with Gasteiger partial charge in [-0.05, 0) is 81.3 Å². The summed E-state index contributed by atoms with van der Waals surface area (Å²) in [6, 6.07) is 29.8. The molecule has 4 aliphatic rings. The molecular formula is C30H28N6S2. The van der Waals surface area contributed by atoms with Crippen LogP contribution in [0.5, 0.6) is 0 Å². The van der Waals surface area contributed by atoms with E-state index in [-0.39, 0.29) is 21.7 Å². The quantitative estimate of drug-likeness (QED) is 0.324. The first-order chi connectivity index (χ1) is 18.5. The number of hydrogen-bond acceptors (Lipinski definition) is 6. The van der Waals surface area contributed by atoms with Crippen LogP contribution in [0.4, 0.5) is 22.7 Å². The van der Waals surface area contributed by atoms with E-state index in [1.165, 1.54) is 20.9 Å². The van der Waals surface area contributed by atoms with Crippen LogP contribution in [-0.4, -0.2) is 21.2 Å². The zero-order valence-corrected chi connectivity index (χ0v) is 23.4. The van der Waals surface area contributed by atoms with Crippen LogP contribution >= 0.6 is 21.7 Å². The van der Waals surface area contributed by atoms with Crippen LogP contribution in [0.25, 0.3) is 0 Å². The molecule has 0 aliphatic carbocycles. The summed E-state index contributed by atoms with van der Waals surface area (Å²) in [4.78, 5) is 2.62. The third-order valence-corrected chi connectivity index (χ3v) is 11.4. The average molecular weight is 537 g/mol. The predicted octanol–water partition coefficient (Wildman–Crippen LogP) is 7.47. The molecule has 7 rings (SSSR count). The Balaban J connectivity index is 1.29. The first-order valence-electron chi connectivity index (χ1n) is 12.6. The minimum atomic E-state index is -0.353. The summed E-state index contributed by atoms with van der Waals surface area (Å²) in [5.74, 6) is 0. The van der Waals surface area contributed by atoms with Crippen LogP contribution in [0, 0.1) is 0 Å². The van der Waals surface area contributed by atoms with Crippen LogP contribution in [-0.2, 0) is 0 Å². The highest BCUT2D eigenvalue weighted by atomic mass is 32.2. The van der Waals surface area contributed by atoms with Gasteiger partial charge in [-0.25, -0.2) is 0 Å². The molecule has 2 unspecified atom stereocenters. The summed E-state index contributed by atoms with van der Waals surface area (Å²) >= 11 is 0. The van der Waals surface area contributed by atoms with E-state index in [0.717, 1.165) is 34.2 Å². The lowest BCUT2D eigenvalue weighted by atomic mass is 10.1. The van der Waals surface area contributed by atoms with Gasteiger partial charge in [0.15, 0.2) is 0 Å². The van der Waals surface area contributed by atoms with Crippen molar-refractivity contribution in [3.63, 3.8) is 0 Å². The number of benzene rings is 3. The molecule has 4 heterocycles. The highest BCUT2D eigenvalue weighted by Gasteiger charge is 2.36. The lowest BCUT2D eigenvalue weighted by molar-refractivity contribution is 1.19. The van der Waals surface area contributed by atoms with Gasteiger partial charge in [0.25, 0.3) is 0 Å². The number of nitrogens with zero attached hydrogens (tertiary/aromatic N) is 6. The highest BCUT2D eigenvalue weighted by molar-refractivity contribution is 8.20. The lowest BCUT2D eigenvalue weighted by Crippen LogP contribution is -2.19. The van der Waals surface area contributed by atoms with Gasteiger partial charge in [0.1, 0.15) is 0 Å². The molecular weight excluding hydrogens is 509 g/mol. The van der Waals surface area contributed by atoms with Gasteiger partial charge in [0.2, 0.25) is 0 Å². The molecule has 0 radical (unpaired) electrons. The second kappa shape index (κ2) is 8.85. The Morgan fingerprint density at radius 2 is 0.895 bits per heavy atom. The molecule has 2 atom stereocenters. The Hall–Kier alpha value is -3.88. The predicted molar refractivity (Wildman–Crippen MR) is 168 cm³/mol. The topological polar surface area (TPSA) is 37.7 Å². The number of hydrazone groups is 2. The fraction of sp³-hybridized carbons (Fsp3) is 0.133. The standard InChI is InChI=1S/C30H28N6S2/c1-21-19-33(37-29(21)23(3)31-35(37)25-12-7-5-8-13-25)27-16-11-17-28(18-27)34-20-22(2)30-24(4)32-36(38(30)34)26-14-9-6-10-15-26/h5-20H,1-4H3. The van der Waals surface area contributed by atoms with Crippen molar-refractivity contribution in [3.8, 4) is 0 Å². The molecule has 8 heteroatoms. The second-order valence-corrected chi connectivity index (χ2v) is 12.9. The van der Waals surface area contributed by atoms with Gasteiger partial charge in [-0.2, -0.15) is 19.0 Å². The second-order valence-electron chi connectivity index (χ2n) is 9.57. The fourth-order valence-electron chi connectivity index (χ4n) is 5.21. The first-order valence-corrected chi connectivity index (χ1v) is 14.9. The summed E-state index contributed by atoms with van der Waals surface area (Å²) in [5.41, 5.74) is 9.21. The van der Waals surface area contributed by atoms with Crippen molar-refractivity contribution < 1.29 is 0 Å².